The van der Waals surface area contributed by atoms with Crippen LogP contribution in [0.1, 0.15) is 44.7 Å². The zero-order chi connectivity index (χ0) is 18.7. The van der Waals surface area contributed by atoms with Gasteiger partial charge in [0.2, 0.25) is 0 Å². The fourth-order valence-corrected chi connectivity index (χ4v) is 3.35. The Morgan fingerprint density at radius 2 is 2.00 bits per heavy atom. The fourth-order valence-electron chi connectivity index (χ4n) is 3.35. The predicted molar refractivity (Wildman–Crippen MR) is 104 cm³/mol. The second-order valence-electron chi connectivity index (χ2n) is 6.13. The Morgan fingerprint density at radius 1 is 1.23 bits per heavy atom. The smallest absolute Gasteiger partial charge is 0.125 e. The van der Waals surface area contributed by atoms with Crippen LogP contribution >= 0.6 is 0 Å². The minimum atomic E-state index is -0.282. The first-order valence-corrected chi connectivity index (χ1v) is 9.10. The first-order valence-electron chi connectivity index (χ1n) is 9.10. The number of pyridine rings is 1. The lowest BCUT2D eigenvalue weighted by atomic mass is 9.92. The zero-order valence-electron chi connectivity index (χ0n) is 15.4. The number of anilines is 1. The van der Waals surface area contributed by atoms with Crippen LogP contribution in [0.25, 0.3) is 22.3 Å². The van der Waals surface area contributed by atoms with Crippen LogP contribution in [0.2, 0.25) is 0 Å². The van der Waals surface area contributed by atoms with E-state index in [4.69, 9.17) is 0 Å². The van der Waals surface area contributed by atoms with Gasteiger partial charge in [-0.15, -0.1) is 0 Å². The third-order valence-electron chi connectivity index (χ3n) is 4.81. The van der Waals surface area contributed by atoms with E-state index in [2.05, 4.69) is 20.9 Å². The lowest BCUT2D eigenvalue weighted by Crippen LogP contribution is -2.18. The Kier molecular flexibility index (Phi) is 5.22. The zero-order valence-corrected chi connectivity index (χ0v) is 15.4. The molecule has 0 aliphatic heterocycles. The Morgan fingerprint density at radius 3 is 2.54 bits per heavy atom. The molecule has 1 aromatic carbocycles. The molecule has 0 unspecified atom stereocenters. The predicted octanol–water partition coefficient (Wildman–Crippen LogP) is 5.51. The highest BCUT2D eigenvalue weighted by molar-refractivity contribution is 5.94. The van der Waals surface area contributed by atoms with E-state index in [1.807, 2.05) is 33.0 Å². The fraction of sp³-hybridized carbons (Fsp3) is 0.333. The maximum Gasteiger partial charge on any atom is 0.125 e. The van der Waals surface area contributed by atoms with Gasteiger partial charge in [-0.3, -0.25) is 4.98 Å². The molecule has 0 saturated heterocycles. The van der Waals surface area contributed by atoms with Crippen molar-refractivity contribution in [2.45, 2.75) is 39.2 Å². The van der Waals surface area contributed by atoms with E-state index >= 15 is 0 Å². The van der Waals surface area contributed by atoms with Crippen LogP contribution < -0.4 is 5.32 Å². The van der Waals surface area contributed by atoms with Gasteiger partial charge in [-0.25, -0.2) is 4.39 Å². The summed E-state index contributed by atoms with van der Waals surface area (Å²) in [6.45, 7) is 4.00. The van der Waals surface area contributed by atoms with Gasteiger partial charge in [0.25, 0.3) is 0 Å². The monoisotopic (exact) mass is 350 g/mol. The van der Waals surface area contributed by atoms with Crippen molar-refractivity contribution in [3.05, 3.63) is 47.9 Å². The van der Waals surface area contributed by atoms with Crippen molar-refractivity contribution in [1.29, 1.82) is 5.26 Å². The van der Waals surface area contributed by atoms with E-state index in [1.54, 1.807) is 12.3 Å². The van der Waals surface area contributed by atoms with Crippen LogP contribution in [-0.4, -0.2) is 16.6 Å². The first kappa shape index (κ1) is 17.9. The number of nitrogens with one attached hydrogen (secondary N) is 1. The topological polar surface area (TPSA) is 53.6 Å². The molecule has 0 atom stereocenters. The number of rotatable bonds is 3. The highest BCUT2D eigenvalue weighted by Gasteiger charge is 2.28. The standard InChI is InChI=1S/C19H17FN4.C2H6/c1-22-13-6-8-17(23-11-13)19-16(10-21)15-7-5-12(20)9-18(15)24(19)14-3-2-4-14;1-2/h5-9,11,14,22H,2-4H2,1H3;1-2H3. The molecular formula is C21H23FN4. The van der Waals surface area contributed by atoms with E-state index in [1.165, 1.54) is 12.1 Å². The number of nitrogens with zero attached hydrogens (tertiary/aromatic N) is 3. The summed E-state index contributed by atoms with van der Waals surface area (Å²) >= 11 is 0. The minimum absolute atomic E-state index is 0.282. The van der Waals surface area contributed by atoms with Gasteiger partial charge in [-0.05, 0) is 49.6 Å². The molecule has 4 rings (SSSR count). The molecule has 1 fully saturated rings. The van der Waals surface area contributed by atoms with Gasteiger partial charge in [-0.2, -0.15) is 5.26 Å². The van der Waals surface area contributed by atoms with Crippen LogP contribution in [0, 0.1) is 17.1 Å². The van der Waals surface area contributed by atoms with Crippen LogP contribution in [0.3, 0.4) is 0 Å². The van der Waals surface area contributed by atoms with E-state index in [-0.39, 0.29) is 5.82 Å². The van der Waals surface area contributed by atoms with Gasteiger partial charge in [-0.1, -0.05) is 13.8 Å². The number of nitriles is 1. The summed E-state index contributed by atoms with van der Waals surface area (Å²) in [4.78, 5) is 4.52. The van der Waals surface area contributed by atoms with Crippen molar-refractivity contribution in [1.82, 2.24) is 9.55 Å². The summed E-state index contributed by atoms with van der Waals surface area (Å²) in [5, 5.41) is 13.6. The molecule has 1 aliphatic carbocycles. The Balaban J connectivity index is 0.000000948. The van der Waals surface area contributed by atoms with Gasteiger partial charge in [0.05, 0.1) is 34.4 Å². The van der Waals surface area contributed by atoms with Crippen molar-refractivity contribution in [2.75, 3.05) is 12.4 Å². The minimum Gasteiger partial charge on any atom is -0.387 e. The maximum absolute atomic E-state index is 13.8. The number of halogens is 1. The summed E-state index contributed by atoms with van der Waals surface area (Å²) in [5.41, 5.74) is 3.81. The molecule has 1 aliphatic rings. The molecule has 4 nitrogen and oxygen atoms in total. The molecule has 134 valence electrons. The van der Waals surface area contributed by atoms with Gasteiger partial charge in [0, 0.05) is 18.5 Å². The first-order chi connectivity index (χ1) is 12.7. The molecule has 0 bridgehead atoms. The van der Waals surface area contributed by atoms with Gasteiger partial charge >= 0.3 is 0 Å². The highest BCUT2D eigenvalue weighted by atomic mass is 19.1. The summed E-state index contributed by atoms with van der Waals surface area (Å²) in [6.07, 6.45) is 5.01. The second kappa shape index (κ2) is 7.57. The van der Waals surface area contributed by atoms with Crippen LogP contribution in [-0.2, 0) is 0 Å². The largest absolute Gasteiger partial charge is 0.387 e. The lowest BCUT2D eigenvalue weighted by molar-refractivity contribution is 0.323. The molecule has 3 aromatic rings. The van der Waals surface area contributed by atoms with Crippen LogP contribution in [0.4, 0.5) is 10.1 Å². The quantitative estimate of drug-likeness (QED) is 0.678. The molecule has 5 heteroatoms. The molecule has 1 saturated carbocycles. The summed E-state index contributed by atoms with van der Waals surface area (Å²) in [6, 6.07) is 11.1. The Labute approximate surface area is 153 Å². The van der Waals surface area contributed by atoms with Crippen molar-refractivity contribution in [2.24, 2.45) is 0 Å². The Bertz CT molecular complexity index is 947. The molecule has 2 heterocycles. The number of hydrogen-bond donors (Lipinski definition) is 1. The van der Waals surface area contributed by atoms with Gasteiger partial charge in [0.1, 0.15) is 11.9 Å². The lowest BCUT2D eigenvalue weighted by Gasteiger charge is -2.30. The van der Waals surface area contributed by atoms with E-state index in [9.17, 15) is 9.65 Å². The van der Waals surface area contributed by atoms with E-state index < -0.39 is 0 Å². The molecule has 2 aromatic heterocycles. The third kappa shape index (κ3) is 2.92. The van der Waals surface area contributed by atoms with Crippen molar-refractivity contribution >= 4 is 16.6 Å². The maximum atomic E-state index is 13.8. The third-order valence-corrected chi connectivity index (χ3v) is 4.81. The van der Waals surface area contributed by atoms with Crippen LogP contribution in [0.15, 0.2) is 36.5 Å². The van der Waals surface area contributed by atoms with E-state index in [0.717, 1.165) is 47.2 Å². The van der Waals surface area contributed by atoms with Gasteiger partial charge in [0.15, 0.2) is 0 Å². The molecular weight excluding hydrogens is 327 g/mol. The normalized spacial score (nSPS) is 13.5. The molecule has 0 radical (unpaired) electrons. The Hall–Kier alpha value is -2.87. The van der Waals surface area contributed by atoms with Gasteiger partial charge < -0.3 is 9.88 Å². The van der Waals surface area contributed by atoms with E-state index in [0.29, 0.717) is 11.6 Å². The highest BCUT2D eigenvalue weighted by Crippen LogP contribution is 2.42. The summed E-state index contributed by atoms with van der Waals surface area (Å²) < 4.78 is 15.9. The molecule has 0 amide bonds. The number of benzene rings is 1. The van der Waals surface area contributed by atoms with Crippen molar-refractivity contribution < 1.29 is 4.39 Å². The van der Waals surface area contributed by atoms with Crippen LogP contribution in [0.5, 0.6) is 0 Å². The average Bonchev–Trinajstić information content (AvgIpc) is 2.95. The number of hydrogen-bond acceptors (Lipinski definition) is 3. The molecule has 1 N–H and O–H groups in total. The van der Waals surface area contributed by atoms with Crippen molar-refractivity contribution in [3.8, 4) is 17.5 Å². The molecule has 26 heavy (non-hydrogen) atoms. The molecule has 0 spiro atoms. The number of fused-ring (bicyclic) bond motifs is 1. The summed E-state index contributed by atoms with van der Waals surface area (Å²) in [5.74, 6) is -0.282. The average molecular weight is 350 g/mol. The van der Waals surface area contributed by atoms with Crippen molar-refractivity contribution in [3.63, 3.8) is 0 Å². The number of aromatic nitrogens is 2. The SMILES string of the molecule is CC.CNc1ccc(-c2c(C#N)c3ccc(F)cc3n2C2CCC2)nc1. The summed E-state index contributed by atoms with van der Waals surface area (Å²) in [7, 11) is 1.84. The second-order valence-corrected chi connectivity index (χ2v) is 6.13.